The molecule has 0 radical (unpaired) electrons. The summed E-state index contributed by atoms with van der Waals surface area (Å²) in [6.45, 7) is 4.44. The Hall–Kier alpha value is -1.10. The molecule has 0 spiro atoms. The maximum atomic E-state index is 11.8. The fourth-order valence-corrected chi connectivity index (χ4v) is 4.68. The zero-order valence-electron chi connectivity index (χ0n) is 12.1. The van der Waals surface area contributed by atoms with E-state index in [9.17, 15) is 4.79 Å². The van der Waals surface area contributed by atoms with Crippen LogP contribution in [0.15, 0.2) is 5.51 Å². The SMILES string of the molecule is CCOC(=O)c1ncsc1NC(C)C1CC2CCC1C2. The van der Waals surface area contributed by atoms with Gasteiger partial charge in [-0.3, -0.25) is 0 Å². The summed E-state index contributed by atoms with van der Waals surface area (Å²) in [7, 11) is 0. The Labute approximate surface area is 123 Å². The second kappa shape index (κ2) is 5.72. The van der Waals surface area contributed by atoms with Crippen LogP contribution in [0.3, 0.4) is 0 Å². The first kappa shape index (κ1) is 13.9. The van der Waals surface area contributed by atoms with E-state index >= 15 is 0 Å². The predicted octanol–water partition coefficient (Wildman–Crippen LogP) is 3.56. The van der Waals surface area contributed by atoms with Crippen molar-refractivity contribution in [1.29, 1.82) is 0 Å². The van der Waals surface area contributed by atoms with Crippen LogP contribution in [0, 0.1) is 17.8 Å². The number of nitrogens with one attached hydrogen (secondary N) is 1. The number of hydrogen-bond donors (Lipinski definition) is 1. The summed E-state index contributed by atoms with van der Waals surface area (Å²) >= 11 is 1.49. The van der Waals surface area contributed by atoms with Crippen molar-refractivity contribution in [3.05, 3.63) is 11.2 Å². The number of nitrogens with zero attached hydrogens (tertiary/aromatic N) is 1. The van der Waals surface area contributed by atoms with Crippen molar-refractivity contribution in [2.24, 2.45) is 17.8 Å². The van der Waals surface area contributed by atoms with E-state index in [0.29, 0.717) is 18.3 Å². The van der Waals surface area contributed by atoms with Gasteiger partial charge < -0.3 is 10.1 Å². The van der Waals surface area contributed by atoms with Crippen LogP contribution in [-0.4, -0.2) is 23.6 Å². The van der Waals surface area contributed by atoms with E-state index < -0.39 is 0 Å². The van der Waals surface area contributed by atoms with Crippen LogP contribution in [0.4, 0.5) is 5.00 Å². The van der Waals surface area contributed by atoms with Gasteiger partial charge >= 0.3 is 5.97 Å². The zero-order valence-corrected chi connectivity index (χ0v) is 12.9. The Morgan fingerprint density at radius 3 is 3.05 bits per heavy atom. The Balaban J connectivity index is 1.66. The molecule has 2 fully saturated rings. The highest BCUT2D eigenvalue weighted by molar-refractivity contribution is 7.14. The third kappa shape index (κ3) is 2.55. The molecule has 4 atom stereocenters. The fraction of sp³-hybridized carbons (Fsp3) is 0.733. The molecule has 2 bridgehead atoms. The van der Waals surface area contributed by atoms with Gasteiger partial charge in [-0.1, -0.05) is 6.42 Å². The molecule has 0 saturated heterocycles. The van der Waals surface area contributed by atoms with Crippen LogP contribution >= 0.6 is 11.3 Å². The first-order chi connectivity index (χ1) is 9.69. The molecule has 1 aromatic heterocycles. The monoisotopic (exact) mass is 294 g/mol. The number of anilines is 1. The maximum absolute atomic E-state index is 11.8. The van der Waals surface area contributed by atoms with Crippen molar-refractivity contribution in [1.82, 2.24) is 4.98 Å². The van der Waals surface area contributed by atoms with Gasteiger partial charge in [-0.05, 0) is 50.9 Å². The Morgan fingerprint density at radius 2 is 2.40 bits per heavy atom. The second-order valence-corrected chi connectivity index (χ2v) is 6.88. The van der Waals surface area contributed by atoms with Crippen LogP contribution < -0.4 is 5.32 Å². The van der Waals surface area contributed by atoms with E-state index in [4.69, 9.17) is 4.74 Å². The van der Waals surface area contributed by atoms with Gasteiger partial charge in [0.25, 0.3) is 0 Å². The minimum Gasteiger partial charge on any atom is -0.461 e. The average molecular weight is 294 g/mol. The molecular formula is C15H22N2O2S. The Morgan fingerprint density at radius 1 is 1.55 bits per heavy atom. The lowest BCUT2D eigenvalue weighted by Crippen LogP contribution is -2.30. The summed E-state index contributed by atoms with van der Waals surface area (Å²) in [5, 5.41) is 4.37. The molecule has 4 unspecified atom stereocenters. The number of fused-ring (bicyclic) bond motifs is 2. The highest BCUT2D eigenvalue weighted by Crippen LogP contribution is 2.50. The van der Waals surface area contributed by atoms with Crippen LogP contribution in [0.5, 0.6) is 0 Å². The summed E-state index contributed by atoms with van der Waals surface area (Å²) in [6.07, 6.45) is 5.55. The lowest BCUT2D eigenvalue weighted by atomic mass is 9.84. The van der Waals surface area contributed by atoms with E-state index in [1.807, 2.05) is 6.92 Å². The van der Waals surface area contributed by atoms with Crippen LogP contribution in [0.25, 0.3) is 0 Å². The standard InChI is InChI=1S/C15H22N2O2S/c1-3-19-15(18)13-14(20-8-16-13)17-9(2)12-7-10-4-5-11(12)6-10/h8-12,17H,3-7H2,1-2H3. The normalized spacial score (nSPS) is 29.4. The average Bonchev–Trinajstić information content (AvgIpc) is 3.14. The topological polar surface area (TPSA) is 51.2 Å². The summed E-state index contributed by atoms with van der Waals surface area (Å²) in [4.78, 5) is 16.0. The number of esters is 1. The van der Waals surface area contributed by atoms with Gasteiger partial charge in [0.1, 0.15) is 5.00 Å². The zero-order chi connectivity index (χ0) is 14.1. The Bertz CT molecular complexity index is 488. The van der Waals surface area contributed by atoms with Gasteiger partial charge in [-0.15, -0.1) is 11.3 Å². The van der Waals surface area contributed by atoms with Crippen molar-refractivity contribution in [3.8, 4) is 0 Å². The molecule has 5 heteroatoms. The van der Waals surface area contributed by atoms with Crippen LogP contribution in [0.2, 0.25) is 0 Å². The lowest BCUT2D eigenvalue weighted by molar-refractivity contribution is 0.0521. The second-order valence-electron chi connectivity index (χ2n) is 6.02. The number of hydrogen-bond acceptors (Lipinski definition) is 5. The molecular weight excluding hydrogens is 272 g/mol. The molecule has 1 aromatic rings. The molecule has 20 heavy (non-hydrogen) atoms. The van der Waals surface area contributed by atoms with Crippen molar-refractivity contribution >= 4 is 22.3 Å². The minimum atomic E-state index is -0.323. The van der Waals surface area contributed by atoms with Crippen LogP contribution in [-0.2, 0) is 4.74 Å². The summed E-state index contributed by atoms with van der Waals surface area (Å²) in [5.74, 6) is 2.24. The molecule has 1 N–H and O–H groups in total. The Kier molecular flexibility index (Phi) is 3.96. The minimum absolute atomic E-state index is 0.323. The number of ether oxygens (including phenoxy) is 1. The maximum Gasteiger partial charge on any atom is 0.360 e. The van der Waals surface area contributed by atoms with Gasteiger partial charge in [-0.2, -0.15) is 0 Å². The molecule has 0 aliphatic heterocycles. The van der Waals surface area contributed by atoms with Crippen molar-refractivity contribution in [2.75, 3.05) is 11.9 Å². The third-order valence-corrected chi connectivity index (χ3v) is 5.59. The van der Waals surface area contributed by atoms with Gasteiger partial charge in [0.15, 0.2) is 5.69 Å². The lowest BCUT2D eigenvalue weighted by Gasteiger charge is -2.28. The van der Waals surface area contributed by atoms with E-state index in [1.165, 1.54) is 37.0 Å². The predicted molar refractivity (Wildman–Crippen MR) is 80.1 cm³/mol. The summed E-state index contributed by atoms with van der Waals surface area (Å²) in [6, 6.07) is 0.402. The molecule has 2 aliphatic carbocycles. The first-order valence-corrected chi connectivity index (χ1v) is 8.44. The first-order valence-electron chi connectivity index (χ1n) is 7.56. The van der Waals surface area contributed by atoms with Crippen molar-refractivity contribution in [2.45, 2.75) is 45.6 Å². The molecule has 1 heterocycles. The highest BCUT2D eigenvalue weighted by Gasteiger charge is 2.42. The van der Waals surface area contributed by atoms with Gasteiger partial charge in [-0.25, -0.2) is 9.78 Å². The smallest absolute Gasteiger partial charge is 0.360 e. The van der Waals surface area contributed by atoms with Crippen molar-refractivity contribution < 1.29 is 9.53 Å². The van der Waals surface area contributed by atoms with Crippen LogP contribution in [0.1, 0.15) is 50.0 Å². The quantitative estimate of drug-likeness (QED) is 0.844. The van der Waals surface area contributed by atoms with E-state index in [2.05, 4.69) is 17.2 Å². The molecule has 0 aromatic carbocycles. The molecule has 2 saturated carbocycles. The fourth-order valence-electron chi connectivity index (χ4n) is 3.91. The van der Waals surface area contributed by atoms with Gasteiger partial charge in [0.05, 0.1) is 12.1 Å². The van der Waals surface area contributed by atoms with E-state index in [1.54, 1.807) is 5.51 Å². The highest BCUT2D eigenvalue weighted by atomic mass is 32.1. The number of aromatic nitrogens is 1. The largest absolute Gasteiger partial charge is 0.461 e. The number of carbonyl (C=O) groups excluding carboxylic acids is 1. The van der Waals surface area contributed by atoms with E-state index in [-0.39, 0.29) is 5.97 Å². The summed E-state index contributed by atoms with van der Waals surface area (Å²) in [5.41, 5.74) is 2.15. The van der Waals surface area contributed by atoms with Gasteiger partial charge in [0, 0.05) is 6.04 Å². The van der Waals surface area contributed by atoms with Gasteiger partial charge in [0.2, 0.25) is 0 Å². The molecule has 110 valence electrons. The third-order valence-electron chi connectivity index (χ3n) is 4.83. The molecule has 0 amide bonds. The molecule has 4 nitrogen and oxygen atoms in total. The number of thiazole rings is 1. The number of rotatable bonds is 5. The molecule has 2 aliphatic rings. The molecule has 3 rings (SSSR count). The summed E-state index contributed by atoms with van der Waals surface area (Å²) < 4.78 is 5.05. The van der Waals surface area contributed by atoms with Crippen molar-refractivity contribution in [3.63, 3.8) is 0 Å². The van der Waals surface area contributed by atoms with E-state index in [0.717, 1.165) is 22.8 Å². The number of carbonyl (C=O) groups is 1.